The third-order valence-corrected chi connectivity index (χ3v) is 8.02. The minimum absolute atomic E-state index is 0.321. The molecule has 2 aliphatic rings. The molecular formula is C28H35N3O4. The standard InChI is InChI=1S/C28H35N3O4/c1-33-18-13-24(34-2)21(25(14-18)35-3)16-28(17-9-5-4-6-10-17)26-20(15-23(31-28)27(29)32)19-11-7-8-12-22(19)30-26/h7-8,11-14,17,23,30-31H,4-6,9-10,15-16H2,1-3H3,(H2,29,32)/t23-,28+/m1/s1. The van der Waals surface area contributed by atoms with Crippen molar-refractivity contribution in [3.8, 4) is 17.2 Å². The van der Waals surface area contributed by atoms with Gasteiger partial charge in [0.1, 0.15) is 17.2 Å². The van der Waals surface area contributed by atoms with Crippen LogP contribution in [0.3, 0.4) is 0 Å². The average molecular weight is 478 g/mol. The molecule has 0 bridgehead atoms. The molecule has 7 heteroatoms. The average Bonchev–Trinajstić information content (AvgIpc) is 3.28. The number of hydrogen-bond acceptors (Lipinski definition) is 5. The molecule has 2 atom stereocenters. The van der Waals surface area contributed by atoms with Gasteiger partial charge in [-0.25, -0.2) is 0 Å². The van der Waals surface area contributed by atoms with Crippen LogP contribution in [0.15, 0.2) is 36.4 Å². The number of benzene rings is 2. The van der Waals surface area contributed by atoms with Crippen LogP contribution in [-0.4, -0.2) is 38.3 Å². The number of methoxy groups -OCH3 is 3. The number of carbonyl (C=O) groups excluding carboxylic acids is 1. The van der Waals surface area contributed by atoms with Gasteiger partial charge >= 0.3 is 0 Å². The summed E-state index contributed by atoms with van der Waals surface area (Å²) in [5.74, 6) is 2.08. The fourth-order valence-corrected chi connectivity index (χ4v) is 6.33. The second kappa shape index (κ2) is 9.46. The van der Waals surface area contributed by atoms with Crippen LogP contribution >= 0.6 is 0 Å². The zero-order valence-electron chi connectivity index (χ0n) is 20.8. The molecule has 186 valence electrons. The van der Waals surface area contributed by atoms with Crippen molar-refractivity contribution in [2.24, 2.45) is 11.7 Å². The van der Waals surface area contributed by atoms with E-state index in [0.29, 0.717) is 36.0 Å². The van der Waals surface area contributed by atoms with E-state index in [2.05, 4.69) is 28.5 Å². The van der Waals surface area contributed by atoms with Gasteiger partial charge in [0.25, 0.3) is 0 Å². The third kappa shape index (κ3) is 4.01. The van der Waals surface area contributed by atoms with E-state index in [4.69, 9.17) is 19.9 Å². The Kier molecular flexibility index (Phi) is 6.36. The van der Waals surface area contributed by atoms with E-state index in [1.165, 1.54) is 24.8 Å². The predicted molar refractivity (Wildman–Crippen MR) is 136 cm³/mol. The third-order valence-electron chi connectivity index (χ3n) is 8.02. The molecular weight excluding hydrogens is 442 g/mol. The van der Waals surface area contributed by atoms with Crippen molar-refractivity contribution in [2.45, 2.75) is 56.5 Å². The minimum Gasteiger partial charge on any atom is -0.496 e. The zero-order chi connectivity index (χ0) is 24.6. The Morgan fingerprint density at radius 1 is 1.03 bits per heavy atom. The fourth-order valence-electron chi connectivity index (χ4n) is 6.33. The maximum atomic E-state index is 12.7. The molecule has 4 N–H and O–H groups in total. The quantitative estimate of drug-likeness (QED) is 0.473. The van der Waals surface area contributed by atoms with E-state index in [0.717, 1.165) is 35.0 Å². The van der Waals surface area contributed by atoms with E-state index in [1.807, 2.05) is 18.2 Å². The molecule has 1 amide bonds. The van der Waals surface area contributed by atoms with E-state index >= 15 is 0 Å². The monoisotopic (exact) mass is 477 g/mol. The van der Waals surface area contributed by atoms with Gasteiger partial charge < -0.3 is 24.9 Å². The topological polar surface area (TPSA) is 98.6 Å². The summed E-state index contributed by atoms with van der Waals surface area (Å²) in [6.45, 7) is 0. The molecule has 1 saturated carbocycles. The Balaban J connectivity index is 1.75. The van der Waals surface area contributed by atoms with Gasteiger partial charge in [-0.2, -0.15) is 0 Å². The lowest BCUT2D eigenvalue weighted by Crippen LogP contribution is -2.61. The molecule has 3 aromatic rings. The molecule has 1 fully saturated rings. The predicted octanol–water partition coefficient (Wildman–Crippen LogP) is 4.21. The van der Waals surface area contributed by atoms with E-state index in [1.54, 1.807) is 21.3 Å². The molecule has 7 nitrogen and oxygen atoms in total. The highest BCUT2D eigenvalue weighted by molar-refractivity contribution is 5.88. The van der Waals surface area contributed by atoms with Gasteiger partial charge in [-0.15, -0.1) is 0 Å². The number of fused-ring (bicyclic) bond motifs is 3. The zero-order valence-corrected chi connectivity index (χ0v) is 20.8. The summed E-state index contributed by atoms with van der Waals surface area (Å²) in [4.78, 5) is 16.4. The molecule has 1 aromatic heterocycles. The molecule has 35 heavy (non-hydrogen) atoms. The van der Waals surface area contributed by atoms with Crippen LogP contribution in [0, 0.1) is 5.92 Å². The summed E-state index contributed by atoms with van der Waals surface area (Å²) in [5, 5.41) is 4.94. The lowest BCUT2D eigenvalue weighted by atomic mass is 9.66. The Morgan fingerprint density at radius 3 is 2.34 bits per heavy atom. The lowest BCUT2D eigenvalue weighted by Gasteiger charge is -2.48. The summed E-state index contributed by atoms with van der Waals surface area (Å²) in [7, 11) is 4.97. The van der Waals surface area contributed by atoms with Crippen molar-refractivity contribution in [2.75, 3.05) is 21.3 Å². The van der Waals surface area contributed by atoms with Gasteiger partial charge in [0.15, 0.2) is 0 Å². The van der Waals surface area contributed by atoms with Crippen molar-refractivity contribution < 1.29 is 19.0 Å². The lowest BCUT2D eigenvalue weighted by molar-refractivity contribution is -0.121. The first-order valence-electron chi connectivity index (χ1n) is 12.5. The number of para-hydroxylation sites is 1. The Labute approximate surface area is 206 Å². The molecule has 0 radical (unpaired) electrons. The Hall–Kier alpha value is -3.19. The number of carbonyl (C=O) groups is 1. The number of H-pyrrole nitrogens is 1. The molecule has 0 spiro atoms. The van der Waals surface area contributed by atoms with Gasteiger partial charge in [-0.3, -0.25) is 10.1 Å². The molecule has 2 aromatic carbocycles. The van der Waals surface area contributed by atoms with E-state index < -0.39 is 11.6 Å². The van der Waals surface area contributed by atoms with Crippen LogP contribution in [0.4, 0.5) is 0 Å². The summed E-state index contributed by atoms with van der Waals surface area (Å²) in [6, 6.07) is 11.7. The van der Waals surface area contributed by atoms with Crippen LogP contribution in [0.5, 0.6) is 17.2 Å². The van der Waals surface area contributed by atoms with Gasteiger partial charge in [0.2, 0.25) is 5.91 Å². The first kappa shape index (κ1) is 23.5. The normalized spacial score (nSPS) is 22.5. The highest BCUT2D eigenvalue weighted by Gasteiger charge is 2.49. The first-order chi connectivity index (χ1) is 17.0. The number of aromatic amines is 1. The minimum atomic E-state index is -0.526. The molecule has 0 unspecified atom stereocenters. The SMILES string of the molecule is COc1cc(OC)c(C[C@@]2(C3CCCCC3)N[C@@H](C(N)=O)Cc3c2[nH]c2ccccc32)c(OC)c1. The number of hydrogen-bond donors (Lipinski definition) is 3. The van der Waals surface area contributed by atoms with Crippen LogP contribution in [0.25, 0.3) is 10.9 Å². The molecule has 1 aliphatic carbocycles. The van der Waals surface area contributed by atoms with Crippen LogP contribution in [0.1, 0.15) is 48.9 Å². The summed E-state index contributed by atoms with van der Waals surface area (Å²) >= 11 is 0. The van der Waals surface area contributed by atoms with Crippen LogP contribution < -0.4 is 25.3 Å². The van der Waals surface area contributed by atoms with Crippen molar-refractivity contribution >= 4 is 16.8 Å². The first-order valence-corrected chi connectivity index (χ1v) is 12.5. The number of amides is 1. The summed E-state index contributed by atoms with van der Waals surface area (Å²) in [5.41, 5.74) is 9.79. The Bertz CT molecular complexity index is 1210. The number of nitrogens with two attached hydrogens (primary N) is 1. The van der Waals surface area contributed by atoms with Gasteiger partial charge in [-0.05, 0) is 36.8 Å². The Morgan fingerprint density at radius 2 is 1.71 bits per heavy atom. The van der Waals surface area contributed by atoms with Crippen molar-refractivity contribution in [1.82, 2.24) is 10.3 Å². The molecule has 0 saturated heterocycles. The van der Waals surface area contributed by atoms with Gasteiger partial charge in [0.05, 0.1) is 32.9 Å². The van der Waals surface area contributed by atoms with Crippen molar-refractivity contribution in [3.63, 3.8) is 0 Å². The highest BCUT2D eigenvalue weighted by atomic mass is 16.5. The maximum Gasteiger partial charge on any atom is 0.234 e. The van der Waals surface area contributed by atoms with Crippen LogP contribution in [-0.2, 0) is 23.2 Å². The van der Waals surface area contributed by atoms with Gasteiger partial charge in [0, 0.05) is 40.7 Å². The van der Waals surface area contributed by atoms with Crippen molar-refractivity contribution in [3.05, 3.63) is 53.2 Å². The second-order valence-corrected chi connectivity index (χ2v) is 9.82. The van der Waals surface area contributed by atoms with Crippen LogP contribution in [0.2, 0.25) is 0 Å². The van der Waals surface area contributed by atoms with E-state index in [9.17, 15) is 4.79 Å². The molecule has 5 rings (SSSR count). The van der Waals surface area contributed by atoms with E-state index in [-0.39, 0.29) is 5.91 Å². The van der Waals surface area contributed by atoms with Crippen molar-refractivity contribution in [1.29, 1.82) is 0 Å². The van der Waals surface area contributed by atoms with Gasteiger partial charge in [-0.1, -0.05) is 37.5 Å². The molecule has 1 aliphatic heterocycles. The number of primary amides is 1. The smallest absolute Gasteiger partial charge is 0.234 e. The summed E-state index contributed by atoms with van der Waals surface area (Å²) in [6.07, 6.45) is 6.89. The molecule has 2 heterocycles. The second-order valence-electron chi connectivity index (χ2n) is 9.82. The maximum absolute atomic E-state index is 12.7. The number of ether oxygens (including phenoxy) is 3. The number of rotatable bonds is 7. The largest absolute Gasteiger partial charge is 0.496 e. The summed E-state index contributed by atoms with van der Waals surface area (Å²) < 4.78 is 17.2. The highest BCUT2D eigenvalue weighted by Crippen LogP contribution is 2.49. The number of nitrogens with one attached hydrogen (secondary N) is 2. The fraction of sp³-hybridized carbons (Fsp3) is 0.464. The number of aromatic nitrogens is 1.